The summed E-state index contributed by atoms with van der Waals surface area (Å²) in [5, 5.41) is 12.4. The highest BCUT2D eigenvalue weighted by atomic mass is 16.5. The largest absolute Gasteiger partial charge is 0.391 e. The summed E-state index contributed by atoms with van der Waals surface area (Å²) in [6.07, 6.45) is 3.51. The van der Waals surface area contributed by atoms with Crippen LogP contribution in [-0.2, 0) is 14.3 Å². The molecule has 2 fully saturated rings. The Labute approximate surface area is 125 Å². The number of likely N-dealkylation sites (tertiary alicyclic amines) is 1. The Hall–Kier alpha value is -1.14. The molecule has 0 aromatic carbocycles. The van der Waals surface area contributed by atoms with E-state index in [0.29, 0.717) is 26.1 Å². The van der Waals surface area contributed by atoms with Crippen molar-refractivity contribution in [1.29, 1.82) is 0 Å². The number of carbonyl (C=O) groups excluding carboxylic acids is 2. The van der Waals surface area contributed by atoms with Crippen LogP contribution in [0.5, 0.6) is 0 Å². The second-order valence-corrected chi connectivity index (χ2v) is 6.06. The third-order valence-corrected chi connectivity index (χ3v) is 4.24. The van der Waals surface area contributed by atoms with E-state index in [0.717, 1.165) is 25.7 Å². The molecule has 0 aromatic heterocycles. The Balaban J connectivity index is 1.62. The first-order chi connectivity index (χ1) is 10.1. The molecule has 0 spiro atoms. The number of aliphatic hydroxyl groups excluding tert-OH is 1. The number of nitrogens with one attached hydrogen (secondary N) is 1. The van der Waals surface area contributed by atoms with Gasteiger partial charge in [-0.2, -0.15) is 0 Å². The van der Waals surface area contributed by atoms with Crippen LogP contribution >= 0.6 is 0 Å². The number of hydrogen-bond acceptors (Lipinski definition) is 4. The van der Waals surface area contributed by atoms with E-state index < -0.39 is 6.10 Å². The Morgan fingerprint density at radius 2 is 1.90 bits per heavy atom. The van der Waals surface area contributed by atoms with Crippen LogP contribution in [-0.4, -0.2) is 61.3 Å². The highest BCUT2D eigenvalue weighted by molar-refractivity contribution is 5.82. The lowest BCUT2D eigenvalue weighted by atomic mass is 9.95. The first-order valence-electron chi connectivity index (χ1n) is 7.85. The Morgan fingerprint density at radius 3 is 2.48 bits per heavy atom. The summed E-state index contributed by atoms with van der Waals surface area (Å²) < 4.78 is 4.84. The first kappa shape index (κ1) is 16.2. The summed E-state index contributed by atoms with van der Waals surface area (Å²) >= 11 is 0. The van der Waals surface area contributed by atoms with E-state index in [2.05, 4.69) is 5.32 Å². The van der Waals surface area contributed by atoms with Crippen LogP contribution in [0, 0.1) is 11.8 Å². The second-order valence-electron chi connectivity index (χ2n) is 6.06. The van der Waals surface area contributed by atoms with Crippen molar-refractivity contribution in [3.63, 3.8) is 0 Å². The second kappa shape index (κ2) is 7.75. The van der Waals surface area contributed by atoms with E-state index in [1.807, 2.05) is 4.90 Å². The van der Waals surface area contributed by atoms with Gasteiger partial charge in [-0.15, -0.1) is 0 Å². The standard InChI is InChI=1S/C15H26N2O4/c1-21-10-13(18)4-7-16-14(19)11-5-8-17(9-6-11)15(20)12-2-3-12/h11-13,18H,2-10H2,1H3,(H,16,19). The molecule has 2 rings (SSSR count). The average Bonchev–Trinajstić information content (AvgIpc) is 3.31. The molecule has 2 aliphatic rings. The summed E-state index contributed by atoms with van der Waals surface area (Å²) in [4.78, 5) is 25.9. The summed E-state index contributed by atoms with van der Waals surface area (Å²) in [7, 11) is 1.54. The Morgan fingerprint density at radius 1 is 1.24 bits per heavy atom. The lowest BCUT2D eigenvalue weighted by Gasteiger charge is -2.31. The fraction of sp³-hybridized carbons (Fsp3) is 0.867. The molecule has 120 valence electrons. The Bertz CT molecular complexity index is 363. The molecule has 2 N–H and O–H groups in total. The van der Waals surface area contributed by atoms with Gasteiger partial charge in [-0.1, -0.05) is 0 Å². The van der Waals surface area contributed by atoms with Crippen LogP contribution in [0.25, 0.3) is 0 Å². The number of nitrogens with zero attached hydrogens (tertiary/aromatic N) is 1. The number of rotatable bonds is 7. The van der Waals surface area contributed by atoms with Crippen LogP contribution < -0.4 is 5.32 Å². The van der Waals surface area contributed by atoms with Gasteiger partial charge in [0.15, 0.2) is 0 Å². The van der Waals surface area contributed by atoms with Crippen LogP contribution in [0.2, 0.25) is 0 Å². The van der Waals surface area contributed by atoms with E-state index in [9.17, 15) is 14.7 Å². The van der Waals surface area contributed by atoms with Gasteiger partial charge in [0, 0.05) is 38.6 Å². The smallest absolute Gasteiger partial charge is 0.225 e. The number of piperidine rings is 1. The monoisotopic (exact) mass is 298 g/mol. The molecule has 1 aliphatic heterocycles. The fourth-order valence-electron chi connectivity index (χ4n) is 2.73. The maximum Gasteiger partial charge on any atom is 0.225 e. The molecule has 1 heterocycles. The highest BCUT2D eigenvalue weighted by Crippen LogP contribution is 2.32. The molecular formula is C15H26N2O4. The molecule has 1 aliphatic carbocycles. The average molecular weight is 298 g/mol. The van der Waals surface area contributed by atoms with Crippen molar-refractivity contribution in [1.82, 2.24) is 10.2 Å². The van der Waals surface area contributed by atoms with Crippen molar-refractivity contribution in [2.75, 3.05) is 33.4 Å². The third kappa shape index (κ3) is 4.97. The van der Waals surface area contributed by atoms with E-state index >= 15 is 0 Å². The third-order valence-electron chi connectivity index (χ3n) is 4.24. The maximum absolute atomic E-state index is 12.0. The van der Waals surface area contributed by atoms with Gasteiger partial charge in [0.25, 0.3) is 0 Å². The fourth-order valence-corrected chi connectivity index (χ4v) is 2.73. The van der Waals surface area contributed by atoms with Crippen molar-refractivity contribution in [2.24, 2.45) is 11.8 Å². The highest BCUT2D eigenvalue weighted by Gasteiger charge is 2.35. The van der Waals surface area contributed by atoms with Gasteiger partial charge in [-0.25, -0.2) is 0 Å². The van der Waals surface area contributed by atoms with Gasteiger partial charge in [-0.05, 0) is 32.1 Å². The zero-order valence-corrected chi connectivity index (χ0v) is 12.7. The summed E-state index contributed by atoms with van der Waals surface area (Å²) in [5.74, 6) is 0.570. The van der Waals surface area contributed by atoms with Crippen molar-refractivity contribution >= 4 is 11.8 Å². The minimum atomic E-state index is -0.534. The van der Waals surface area contributed by atoms with Gasteiger partial charge in [-0.3, -0.25) is 9.59 Å². The van der Waals surface area contributed by atoms with Crippen LogP contribution in [0.3, 0.4) is 0 Å². The van der Waals surface area contributed by atoms with Crippen LogP contribution in [0.4, 0.5) is 0 Å². The summed E-state index contributed by atoms with van der Waals surface area (Å²) in [6, 6.07) is 0. The minimum Gasteiger partial charge on any atom is -0.391 e. The summed E-state index contributed by atoms with van der Waals surface area (Å²) in [5.41, 5.74) is 0. The quantitative estimate of drug-likeness (QED) is 0.701. The van der Waals surface area contributed by atoms with Crippen LogP contribution in [0.1, 0.15) is 32.1 Å². The molecule has 0 bridgehead atoms. The predicted molar refractivity (Wildman–Crippen MR) is 77.5 cm³/mol. The first-order valence-corrected chi connectivity index (χ1v) is 7.85. The molecule has 6 nitrogen and oxygen atoms in total. The van der Waals surface area contributed by atoms with Crippen molar-refractivity contribution in [3.8, 4) is 0 Å². The molecule has 1 saturated heterocycles. The van der Waals surface area contributed by atoms with Crippen molar-refractivity contribution in [3.05, 3.63) is 0 Å². The normalized spacial score (nSPS) is 21.1. The van der Waals surface area contributed by atoms with Crippen molar-refractivity contribution in [2.45, 2.75) is 38.2 Å². The molecular weight excluding hydrogens is 272 g/mol. The lowest BCUT2D eigenvalue weighted by molar-refractivity contribution is -0.136. The molecule has 0 radical (unpaired) electrons. The zero-order valence-electron chi connectivity index (χ0n) is 12.7. The number of amides is 2. The number of hydrogen-bond donors (Lipinski definition) is 2. The van der Waals surface area contributed by atoms with E-state index in [4.69, 9.17) is 4.74 Å². The molecule has 6 heteroatoms. The van der Waals surface area contributed by atoms with Gasteiger partial charge in [0.05, 0.1) is 12.7 Å². The topological polar surface area (TPSA) is 78.9 Å². The Kier molecular flexibility index (Phi) is 5.99. The number of aliphatic hydroxyl groups is 1. The van der Waals surface area contributed by atoms with E-state index in [-0.39, 0.29) is 30.3 Å². The minimum absolute atomic E-state index is 0.00665. The van der Waals surface area contributed by atoms with Gasteiger partial charge in [0.2, 0.25) is 11.8 Å². The molecule has 21 heavy (non-hydrogen) atoms. The number of carbonyl (C=O) groups is 2. The maximum atomic E-state index is 12.0. The van der Waals surface area contributed by atoms with Gasteiger partial charge >= 0.3 is 0 Å². The molecule has 0 aromatic rings. The van der Waals surface area contributed by atoms with Gasteiger partial charge in [0.1, 0.15) is 0 Å². The summed E-state index contributed by atoms with van der Waals surface area (Å²) in [6.45, 7) is 2.14. The molecule has 2 amide bonds. The number of methoxy groups -OCH3 is 1. The van der Waals surface area contributed by atoms with Crippen LogP contribution in [0.15, 0.2) is 0 Å². The zero-order chi connectivity index (χ0) is 15.2. The van der Waals surface area contributed by atoms with Crippen molar-refractivity contribution < 1.29 is 19.4 Å². The van der Waals surface area contributed by atoms with E-state index in [1.165, 1.54) is 0 Å². The lowest BCUT2D eigenvalue weighted by Crippen LogP contribution is -2.44. The SMILES string of the molecule is COCC(O)CCNC(=O)C1CCN(C(=O)C2CC2)CC1. The molecule has 1 saturated carbocycles. The molecule has 1 unspecified atom stereocenters. The van der Waals surface area contributed by atoms with E-state index in [1.54, 1.807) is 7.11 Å². The van der Waals surface area contributed by atoms with Gasteiger partial charge < -0.3 is 20.1 Å². The predicted octanol–water partition coefficient (Wildman–Crippen LogP) is 0.149. The number of ether oxygens (including phenoxy) is 1. The molecule has 1 atom stereocenters.